The molecule has 2 aromatic carbocycles. The predicted octanol–water partition coefficient (Wildman–Crippen LogP) is 3.91. The third-order valence-electron chi connectivity index (χ3n) is 3.41. The van der Waals surface area contributed by atoms with E-state index in [4.69, 9.17) is 11.6 Å². The summed E-state index contributed by atoms with van der Waals surface area (Å²) < 4.78 is 0. The minimum Gasteiger partial charge on any atom is -0.364 e. The van der Waals surface area contributed by atoms with Crippen LogP contribution in [0.1, 0.15) is 5.56 Å². The standard InChI is InChI=1S/C17H16ClN5/c1-23(14-8-3-2-4-9-14)17-21-16(12-20-22-17)19-11-13-7-5-6-10-15(13)18/h2-10,12H,11H2,1H3,(H,19,21,22). The van der Waals surface area contributed by atoms with E-state index in [-0.39, 0.29) is 0 Å². The van der Waals surface area contributed by atoms with Crippen LogP contribution in [0.3, 0.4) is 0 Å². The topological polar surface area (TPSA) is 53.9 Å². The number of para-hydroxylation sites is 1. The molecule has 0 aliphatic heterocycles. The molecule has 0 fully saturated rings. The van der Waals surface area contributed by atoms with Gasteiger partial charge in [0.25, 0.3) is 5.95 Å². The summed E-state index contributed by atoms with van der Waals surface area (Å²) in [6.45, 7) is 0.576. The van der Waals surface area contributed by atoms with E-state index in [1.54, 1.807) is 6.20 Å². The molecule has 0 radical (unpaired) electrons. The molecular formula is C17H16ClN5. The fraction of sp³-hybridized carbons (Fsp3) is 0.118. The normalized spacial score (nSPS) is 10.3. The summed E-state index contributed by atoms with van der Waals surface area (Å²) in [4.78, 5) is 6.37. The van der Waals surface area contributed by atoms with Gasteiger partial charge in [0.15, 0.2) is 5.82 Å². The van der Waals surface area contributed by atoms with E-state index in [0.717, 1.165) is 16.3 Å². The predicted molar refractivity (Wildman–Crippen MR) is 93.1 cm³/mol. The van der Waals surface area contributed by atoms with E-state index < -0.39 is 0 Å². The molecule has 0 saturated carbocycles. The fourth-order valence-corrected chi connectivity index (χ4v) is 2.32. The summed E-state index contributed by atoms with van der Waals surface area (Å²) in [7, 11) is 1.91. The van der Waals surface area contributed by atoms with Crippen LogP contribution in [0.4, 0.5) is 17.5 Å². The van der Waals surface area contributed by atoms with E-state index in [1.165, 1.54) is 0 Å². The maximum Gasteiger partial charge on any atom is 0.251 e. The van der Waals surface area contributed by atoms with Crippen LogP contribution in [-0.2, 0) is 6.54 Å². The zero-order valence-electron chi connectivity index (χ0n) is 12.6. The second-order valence-corrected chi connectivity index (χ2v) is 5.39. The first-order valence-electron chi connectivity index (χ1n) is 7.20. The monoisotopic (exact) mass is 325 g/mol. The summed E-state index contributed by atoms with van der Waals surface area (Å²) >= 11 is 6.16. The SMILES string of the molecule is CN(c1ccccc1)c1nncc(NCc2ccccc2Cl)n1. The van der Waals surface area contributed by atoms with Gasteiger partial charge in [0.05, 0.1) is 6.20 Å². The number of hydrogen-bond donors (Lipinski definition) is 1. The van der Waals surface area contributed by atoms with Gasteiger partial charge in [-0.25, -0.2) is 0 Å². The van der Waals surface area contributed by atoms with Gasteiger partial charge in [-0.15, -0.1) is 5.10 Å². The first kappa shape index (κ1) is 15.2. The van der Waals surface area contributed by atoms with Gasteiger partial charge in [-0.1, -0.05) is 48.0 Å². The minimum atomic E-state index is 0.528. The molecule has 0 bridgehead atoms. The van der Waals surface area contributed by atoms with Crippen LogP contribution in [0, 0.1) is 0 Å². The van der Waals surface area contributed by atoms with Crippen LogP contribution < -0.4 is 10.2 Å². The molecule has 5 nitrogen and oxygen atoms in total. The van der Waals surface area contributed by atoms with E-state index in [9.17, 15) is 0 Å². The zero-order chi connectivity index (χ0) is 16.1. The number of nitrogens with zero attached hydrogens (tertiary/aromatic N) is 4. The van der Waals surface area contributed by atoms with Crippen molar-refractivity contribution in [3.05, 3.63) is 71.4 Å². The molecule has 0 spiro atoms. The van der Waals surface area contributed by atoms with E-state index in [2.05, 4.69) is 20.5 Å². The van der Waals surface area contributed by atoms with E-state index >= 15 is 0 Å². The van der Waals surface area contributed by atoms with Crippen LogP contribution in [0.15, 0.2) is 60.8 Å². The van der Waals surface area contributed by atoms with Gasteiger partial charge in [0.2, 0.25) is 0 Å². The molecule has 3 aromatic rings. The molecule has 0 atom stereocenters. The van der Waals surface area contributed by atoms with Crippen molar-refractivity contribution >= 4 is 29.1 Å². The largest absolute Gasteiger partial charge is 0.364 e. The maximum absolute atomic E-state index is 6.16. The van der Waals surface area contributed by atoms with Gasteiger partial charge in [-0.2, -0.15) is 10.1 Å². The fourth-order valence-electron chi connectivity index (χ4n) is 2.12. The van der Waals surface area contributed by atoms with Gasteiger partial charge in [0.1, 0.15) is 0 Å². The Bertz CT molecular complexity index is 779. The van der Waals surface area contributed by atoms with Crippen LogP contribution >= 0.6 is 11.6 Å². The lowest BCUT2D eigenvalue weighted by molar-refractivity contribution is 0.921. The second-order valence-electron chi connectivity index (χ2n) is 4.98. The van der Waals surface area contributed by atoms with Crippen molar-refractivity contribution in [2.75, 3.05) is 17.3 Å². The van der Waals surface area contributed by atoms with Crippen molar-refractivity contribution in [2.45, 2.75) is 6.54 Å². The van der Waals surface area contributed by atoms with Crippen molar-refractivity contribution in [1.82, 2.24) is 15.2 Å². The van der Waals surface area contributed by atoms with Gasteiger partial charge < -0.3 is 10.2 Å². The molecule has 116 valence electrons. The Morgan fingerprint density at radius 3 is 2.57 bits per heavy atom. The van der Waals surface area contributed by atoms with Crippen molar-refractivity contribution in [3.8, 4) is 0 Å². The van der Waals surface area contributed by atoms with Crippen molar-refractivity contribution in [2.24, 2.45) is 0 Å². The van der Waals surface area contributed by atoms with Crippen LogP contribution in [0.2, 0.25) is 5.02 Å². The Hall–Kier alpha value is -2.66. The Morgan fingerprint density at radius 1 is 1.04 bits per heavy atom. The van der Waals surface area contributed by atoms with Crippen LogP contribution in [-0.4, -0.2) is 22.2 Å². The van der Waals surface area contributed by atoms with Crippen molar-refractivity contribution < 1.29 is 0 Å². The molecule has 0 aliphatic carbocycles. The lowest BCUT2D eigenvalue weighted by Gasteiger charge is -2.17. The van der Waals surface area contributed by atoms with Gasteiger partial charge >= 0.3 is 0 Å². The zero-order valence-corrected chi connectivity index (χ0v) is 13.4. The average Bonchev–Trinajstić information content (AvgIpc) is 2.61. The first-order valence-corrected chi connectivity index (χ1v) is 7.57. The highest BCUT2D eigenvalue weighted by atomic mass is 35.5. The second kappa shape index (κ2) is 7.07. The highest BCUT2D eigenvalue weighted by Gasteiger charge is 2.08. The van der Waals surface area contributed by atoms with Crippen LogP contribution in [0.25, 0.3) is 0 Å². The summed E-state index contributed by atoms with van der Waals surface area (Å²) in [5.74, 6) is 1.18. The Kier molecular flexibility index (Phi) is 4.68. The molecule has 0 saturated heterocycles. The molecule has 0 amide bonds. The molecule has 6 heteroatoms. The molecule has 3 rings (SSSR count). The number of nitrogens with one attached hydrogen (secondary N) is 1. The smallest absolute Gasteiger partial charge is 0.251 e. The first-order chi connectivity index (χ1) is 11.2. The third kappa shape index (κ3) is 3.76. The maximum atomic E-state index is 6.16. The lowest BCUT2D eigenvalue weighted by atomic mass is 10.2. The van der Waals surface area contributed by atoms with E-state index in [1.807, 2.05) is 66.5 Å². The highest BCUT2D eigenvalue weighted by Crippen LogP contribution is 2.20. The number of halogens is 1. The molecule has 23 heavy (non-hydrogen) atoms. The molecule has 1 heterocycles. The molecule has 1 N–H and O–H groups in total. The highest BCUT2D eigenvalue weighted by molar-refractivity contribution is 6.31. The van der Waals surface area contributed by atoms with Gasteiger partial charge in [0, 0.05) is 24.3 Å². The quantitative estimate of drug-likeness (QED) is 0.771. The van der Waals surface area contributed by atoms with Gasteiger partial charge in [-0.3, -0.25) is 0 Å². The Balaban J connectivity index is 1.74. The van der Waals surface area contributed by atoms with Crippen molar-refractivity contribution in [1.29, 1.82) is 0 Å². The lowest BCUT2D eigenvalue weighted by Crippen LogP contribution is -2.15. The average molecular weight is 326 g/mol. The summed E-state index contributed by atoms with van der Waals surface area (Å²) in [5.41, 5.74) is 2.00. The third-order valence-corrected chi connectivity index (χ3v) is 3.78. The summed E-state index contributed by atoms with van der Waals surface area (Å²) in [6, 6.07) is 17.6. The molecule has 0 aliphatic rings. The molecule has 1 aromatic heterocycles. The van der Waals surface area contributed by atoms with Crippen LogP contribution in [0.5, 0.6) is 0 Å². The van der Waals surface area contributed by atoms with Crippen molar-refractivity contribution in [3.63, 3.8) is 0 Å². The Morgan fingerprint density at radius 2 is 1.78 bits per heavy atom. The summed E-state index contributed by atoms with van der Waals surface area (Å²) in [5, 5.41) is 12.1. The van der Waals surface area contributed by atoms with E-state index in [0.29, 0.717) is 18.3 Å². The Labute approximate surface area is 140 Å². The molecular weight excluding hydrogens is 310 g/mol. The number of anilines is 3. The number of rotatable bonds is 5. The van der Waals surface area contributed by atoms with Gasteiger partial charge in [-0.05, 0) is 23.8 Å². The molecule has 0 unspecified atom stereocenters. The minimum absolute atomic E-state index is 0.528. The summed E-state index contributed by atoms with van der Waals surface area (Å²) in [6.07, 6.45) is 1.60. The number of aromatic nitrogens is 3. The number of hydrogen-bond acceptors (Lipinski definition) is 5. The number of benzene rings is 2.